The van der Waals surface area contributed by atoms with Crippen LogP contribution >= 0.6 is 0 Å². The molecular formula is C20H20N2O2. The summed E-state index contributed by atoms with van der Waals surface area (Å²) in [6.45, 7) is 0.112. The summed E-state index contributed by atoms with van der Waals surface area (Å²) < 4.78 is 0. The molecule has 1 unspecified atom stereocenters. The number of fused-ring (bicyclic) bond motifs is 1. The minimum absolute atomic E-state index is 0.112. The summed E-state index contributed by atoms with van der Waals surface area (Å²) in [5.41, 5.74) is 2.52. The fraction of sp³-hybridized carbons (Fsp3) is 0.200. The van der Waals surface area contributed by atoms with Gasteiger partial charge in [0.25, 0.3) is 5.91 Å². The van der Waals surface area contributed by atoms with Gasteiger partial charge in [0.2, 0.25) is 0 Å². The maximum Gasteiger partial charge on any atom is 0.251 e. The molecule has 0 aliphatic heterocycles. The number of nitrogens with one attached hydrogen (secondary N) is 1. The third kappa shape index (κ3) is 3.78. The van der Waals surface area contributed by atoms with Crippen LogP contribution in [0, 0.1) is 0 Å². The number of rotatable bonds is 6. The zero-order valence-electron chi connectivity index (χ0n) is 13.4. The lowest BCUT2D eigenvalue weighted by Gasteiger charge is -2.19. The van der Waals surface area contributed by atoms with Crippen molar-refractivity contribution in [2.45, 2.75) is 18.9 Å². The van der Waals surface area contributed by atoms with E-state index in [4.69, 9.17) is 5.11 Å². The number of aromatic nitrogens is 1. The first-order valence-electron chi connectivity index (χ1n) is 8.09. The van der Waals surface area contributed by atoms with Crippen LogP contribution in [0.4, 0.5) is 0 Å². The average molecular weight is 320 g/mol. The number of carbonyl (C=O) groups is 1. The van der Waals surface area contributed by atoms with E-state index in [0.29, 0.717) is 18.4 Å². The van der Waals surface area contributed by atoms with Crippen molar-refractivity contribution in [1.29, 1.82) is 0 Å². The van der Waals surface area contributed by atoms with E-state index in [1.165, 1.54) is 0 Å². The first-order chi connectivity index (χ1) is 11.8. The quantitative estimate of drug-likeness (QED) is 0.731. The zero-order valence-corrected chi connectivity index (χ0v) is 13.4. The van der Waals surface area contributed by atoms with E-state index < -0.39 is 0 Å². The molecule has 1 aromatic heterocycles. The van der Waals surface area contributed by atoms with Gasteiger partial charge in [0, 0.05) is 23.8 Å². The van der Waals surface area contributed by atoms with Crippen molar-refractivity contribution in [1.82, 2.24) is 10.3 Å². The molecule has 1 heterocycles. The van der Waals surface area contributed by atoms with E-state index in [2.05, 4.69) is 10.3 Å². The Balaban J connectivity index is 1.81. The van der Waals surface area contributed by atoms with E-state index in [0.717, 1.165) is 16.5 Å². The van der Waals surface area contributed by atoms with Gasteiger partial charge in [-0.05, 0) is 42.7 Å². The summed E-state index contributed by atoms with van der Waals surface area (Å²) in [5.74, 6) is -0.118. The summed E-state index contributed by atoms with van der Waals surface area (Å²) in [7, 11) is 0. The standard InChI is InChI=1S/C20H20N2O2/c23-13-5-9-19(15-6-2-1-3-7-15)22-20(24)17-10-11-18-16(14-17)8-4-12-21-18/h1-4,6-8,10-12,14,19,23H,5,9,13H2,(H,22,24). The van der Waals surface area contributed by atoms with Gasteiger partial charge >= 0.3 is 0 Å². The second-order valence-corrected chi connectivity index (χ2v) is 5.71. The Morgan fingerprint density at radius 3 is 2.71 bits per heavy atom. The topological polar surface area (TPSA) is 62.2 Å². The summed E-state index contributed by atoms with van der Waals surface area (Å²) in [5, 5.41) is 13.1. The van der Waals surface area contributed by atoms with Crippen LogP contribution in [0.2, 0.25) is 0 Å². The third-order valence-electron chi connectivity index (χ3n) is 4.02. The normalized spacial score (nSPS) is 12.0. The maximum atomic E-state index is 12.6. The summed E-state index contributed by atoms with van der Waals surface area (Å²) in [6, 6.07) is 19.0. The number of aliphatic hydroxyl groups is 1. The van der Waals surface area contributed by atoms with Crippen LogP contribution in [0.5, 0.6) is 0 Å². The number of hydrogen-bond acceptors (Lipinski definition) is 3. The van der Waals surface area contributed by atoms with Crippen LogP contribution in [0.25, 0.3) is 10.9 Å². The molecule has 2 N–H and O–H groups in total. The maximum absolute atomic E-state index is 12.6. The van der Waals surface area contributed by atoms with E-state index in [-0.39, 0.29) is 18.6 Å². The molecule has 1 atom stereocenters. The second kappa shape index (κ2) is 7.70. The molecule has 0 saturated carbocycles. The monoisotopic (exact) mass is 320 g/mol. The van der Waals surface area contributed by atoms with Gasteiger partial charge in [-0.3, -0.25) is 9.78 Å². The smallest absolute Gasteiger partial charge is 0.251 e. The molecule has 1 amide bonds. The highest BCUT2D eigenvalue weighted by molar-refractivity contribution is 5.98. The number of amides is 1. The van der Waals surface area contributed by atoms with Crippen LogP contribution in [-0.2, 0) is 0 Å². The molecule has 0 aliphatic carbocycles. The zero-order chi connectivity index (χ0) is 16.8. The van der Waals surface area contributed by atoms with Crippen LogP contribution in [0.15, 0.2) is 66.9 Å². The molecule has 0 spiro atoms. The minimum atomic E-state index is -0.118. The number of pyridine rings is 1. The largest absolute Gasteiger partial charge is 0.396 e. The predicted octanol–water partition coefficient (Wildman–Crippen LogP) is 3.48. The van der Waals surface area contributed by atoms with E-state index in [9.17, 15) is 4.79 Å². The summed E-state index contributed by atoms with van der Waals surface area (Å²) >= 11 is 0. The van der Waals surface area contributed by atoms with Crippen LogP contribution in [0.1, 0.15) is 34.8 Å². The fourth-order valence-electron chi connectivity index (χ4n) is 2.76. The van der Waals surface area contributed by atoms with Crippen molar-refractivity contribution in [2.24, 2.45) is 0 Å². The molecule has 0 fully saturated rings. The molecule has 3 aromatic rings. The Hall–Kier alpha value is -2.72. The van der Waals surface area contributed by atoms with Gasteiger partial charge in [-0.2, -0.15) is 0 Å². The van der Waals surface area contributed by atoms with E-state index in [1.54, 1.807) is 12.3 Å². The Bertz CT molecular complexity index is 818. The molecule has 0 saturated heterocycles. The molecular weight excluding hydrogens is 300 g/mol. The molecule has 4 nitrogen and oxygen atoms in total. The van der Waals surface area contributed by atoms with Crippen LogP contribution in [-0.4, -0.2) is 22.6 Å². The first-order valence-corrected chi connectivity index (χ1v) is 8.09. The van der Waals surface area contributed by atoms with Gasteiger partial charge in [-0.1, -0.05) is 36.4 Å². The SMILES string of the molecule is O=C(NC(CCCO)c1ccccc1)c1ccc2ncccc2c1. The highest BCUT2D eigenvalue weighted by Gasteiger charge is 2.15. The van der Waals surface area contributed by atoms with E-state index in [1.807, 2.05) is 54.6 Å². The Labute approximate surface area is 141 Å². The molecule has 0 aliphatic rings. The van der Waals surface area contributed by atoms with Gasteiger partial charge in [0.15, 0.2) is 0 Å². The molecule has 4 heteroatoms. The molecule has 122 valence electrons. The van der Waals surface area contributed by atoms with Crippen LogP contribution in [0.3, 0.4) is 0 Å². The highest BCUT2D eigenvalue weighted by atomic mass is 16.3. The first kappa shape index (κ1) is 16.1. The second-order valence-electron chi connectivity index (χ2n) is 5.71. The lowest BCUT2D eigenvalue weighted by molar-refractivity contribution is 0.0932. The number of nitrogens with zero attached hydrogens (tertiary/aromatic N) is 1. The average Bonchev–Trinajstić information content (AvgIpc) is 2.65. The highest BCUT2D eigenvalue weighted by Crippen LogP contribution is 2.20. The van der Waals surface area contributed by atoms with Gasteiger partial charge < -0.3 is 10.4 Å². The molecule has 24 heavy (non-hydrogen) atoms. The van der Waals surface area contributed by atoms with Gasteiger partial charge in [-0.15, -0.1) is 0 Å². The number of hydrogen-bond donors (Lipinski definition) is 2. The van der Waals surface area contributed by atoms with E-state index >= 15 is 0 Å². The molecule has 3 rings (SSSR count). The van der Waals surface area contributed by atoms with Crippen LogP contribution < -0.4 is 5.32 Å². The molecule has 2 aromatic carbocycles. The molecule has 0 radical (unpaired) electrons. The van der Waals surface area contributed by atoms with Gasteiger partial charge in [-0.25, -0.2) is 0 Å². The Morgan fingerprint density at radius 1 is 1.08 bits per heavy atom. The Kier molecular flexibility index (Phi) is 5.18. The summed E-state index contributed by atoms with van der Waals surface area (Å²) in [4.78, 5) is 16.9. The minimum Gasteiger partial charge on any atom is -0.396 e. The van der Waals surface area contributed by atoms with Crippen molar-refractivity contribution in [3.8, 4) is 0 Å². The van der Waals surface area contributed by atoms with Gasteiger partial charge in [0.1, 0.15) is 0 Å². The van der Waals surface area contributed by atoms with Crippen molar-refractivity contribution in [3.63, 3.8) is 0 Å². The lowest BCUT2D eigenvalue weighted by Crippen LogP contribution is -2.28. The Morgan fingerprint density at radius 2 is 1.92 bits per heavy atom. The van der Waals surface area contributed by atoms with Gasteiger partial charge in [0.05, 0.1) is 11.6 Å². The lowest BCUT2D eigenvalue weighted by atomic mass is 10.0. The predicted molar refractivity (Wildman–Crippen MR) is 94.7 cm³/mol. The summed E-state index contributed by atoms with van der Waals surface area (Å²) in [6.07, 6.45) is 3.07. The van der Waals surface area contributed by atoms with Crippen molar-refractivity contribution in [2.75, 3.05) is 6.61 Å². The van der Waals surface area contributed by atoms with Crippen molar-refractivity contribution >= 4 is 16.8 Å². The number of carbonyl (C=O) groups excluding carboxylic acids is 1. The van der Waals surface area contributed by atoms with Crippen molar-refractivity contribution in [3.05, 3.63) is 78.0 Å². The third-order valence-corrected chi connectivity index (χ3v) is 4.02. The number of aliphatic hydroxyl groups excluding tert-OH is 1. The van der Waals surface area contributed by atoms with Crippen molar-refractivity contribution < 1.29 is 9.90 Å². The molecule has 0 bridgehead atoms. The fourth-order valence-corrected chi connectivity index (χ4v) is 2.76. The number of benzene rings is 2.